The molecule has 2 amide bonds. The number of urea groups is 1. The Morgan fingerprint density at radius 3 is 2.52 bits per heavy atom. The summed E-state index contributed by atoms with van der Waals surface area (Å²) in [5.41, 5.74) is 1.40. The summed E-state index contributed by atoms with van der Waals surface area (Å²) in [6, 6.07) is 11.1. The number of piperidine rings is 1. The second-order valence-electron chi connectivity index (χ2n) is 7.53. The van der Waals surface area contributed by atoms with Gasteiger partial charge in [-0.15, -0.1) is 0 Å². The van der Waals surface area contributed by atoms with Crippen molar-refractivity contribution in [3.8, 4) is 0 Å². The van der Waals surface area contributed by atoms with Crippen LogP contribution in [0.4, 0.5) is 15.0 Å². The molecule has 1 saturated heterocycles. The van der Waals surface area contributed by atoms with E-state index in [0.717, 1.165) is 31.6 Å². The number of likely N-dealkylation sites (tertiary alicyclic amines) is 1. The fourth-order valence-electron chi connectivity index (χ4n) is 3.45. The Bertz CT molecular complexity index is 848. The van der Waals surface area contributed by atoms with Gasteiger partial charge >= 0.3 is 6.03 Å². The van der Waals surface area contributed by atoms with E-state index in [-0.39, 0.29) is 17.6 Å². The molecule has 0 aliphatic carbocycles. The Balaban J connectivity index is 1.41. The fourth-order valence-corrected chi connectivity index (χ4v) is 3.45. The first-order valence-electron chi connectivity index (χ1n) is 9.88. The lowest BCUT2D eigenvalue weighted by Gasteiger charge is -2.31. The second kappa shape index (κ2) is 9.60. The number of hydrogen-bond donors (Lipinski definition) is 1. The third kappa shape index (κ3) is 5.84. The van der Waals surface area contributed by atoms with Gasteiger partial charge in [-0.25, -0.2) is 14.2 Å². The Hall–Kier alpha value is -2.80. The normalized spacial score (nSPS) is 15.1. The van der Waals surface area contributed by atoms with Crippen LogP contribution >= 0.6 is 0 Å². The lowest BCUT2D eigenvalue weighted by molar-refractivity contribution is 0.0896. The molecule has 2 aromatic rings. The van der Waals surface area contributed by atoms with Crippen LogP contribution in [-0.2, 0) is 0 Å². The van der Waals surface area contributed by atoms with Crippen LogP contribution in [0.5, 0.6) is 0 Å². The largest absolute Gasteiger partial charge is 0.337 e. The number of anilines is 1. The number of carbonyl (C=O) groups excluding carboxylic acids is 2. The molecule has 3 rings (SSSR count). The van der Waals surface area contributed by atoms with Crippen LogP contribution in [0.3, 0.4) is 0 Å². The third-order valence-electron chi connectivity index (χ3n) is 5.30. The Morgan fingerprint density at radius 1 is 1.17 bits per heavy atom. The molecule has 1 aliphatic heterocycles. The summed E-state index contributed by atoms with van der Waals surface area (Å²) in [6.45, 7) is 4.45. The quantitative estimate of drug-likeness (QED) is 0.759. The molecule has 0 spiro atoms. The number of benzene rings is 1. The molecule has 1 aliphatic rings. The first-order valence-corrected chi connectivity index (χ1v) is 9.88. The first kappa shape index (κ1) is 20.9. The molecule has 0 radical (unpaired) electrons. The number of nitrogens with zero attached hydrogens (tertiary/aromatic N) is 3. The average molecular weight is 398 g/mol. The monoisotopic (exact) mass is 398 g/mol. The number of hydrogen-bond acceptors (Lipinski definition) is 4. The summed E-state index contributed by atoms with van der Waals surface area (Å²) in [6.07, 6.45) is 1.84. The van der Waals surface area contributed by atoms with Crippen molar-refractivity contribution in [1.82, 2.24) is 15.2 Å². The van der Waals surface area contributed by atoms with Gasteiger partial charge < -0.3 is 5.32 Å². The van der Waals surface area contributed by atoms with Gasteiger partial charge in [0.05, 0.1) is 6.54 Å². The molecule has 2 heterocycles. The third-order valence-corrected chi connectivity index (χ3v) is 5.30. The van der Waals surface area contributed by atoms with Crippen LogP contribution < -0.4 is 10.2 Å². The van der Waals surface area contributed by atoms with Crippen molar-refractivity contribution in [3.63, 3.8) is 0 Å². The maximum absolute atomic E-state index is 13.0. The molecule has 0 saturated carbocycles. The predicted octanol–water partition coefficient (Wildman–Crippen LogP) is 3.27. The number of carbonyl (C=O) groups is 2. The fraction of sp³-hybridized carbons (Fsp3) is 0.409. The van der Waals surface area contributed by atoms with E-state index in [1.165, 1.54) is 29.2 Å². The number of Topliss-reactive ketones (excluding diaryl/α,β-unsaturated/α-hetero) is 1. The highest BCUT2D eigenvalue weighted by Gasteiger charge is 2.22. The highest BCUT2D eigenvalue weighted by atomic mass is 19.1. The van der Waals surface area contributed by atoms with Crippen molar-refractivity contribution in [2.75, 3.05) is 38.1 Å². The zero-order valence-electron chi connectivity index (χ0n) is 16.9. The molecule has 6 nitrogen and oxygen atoms in total. The Morgan fingerprint density at radius 2 is 1.86 bits per heavy atom. The van der Waals surface area contributed by atoms with Gasteiger partial charge in [-0.2, -0.15) is 0 Å². The number of halogens is 1. The van der Waals surface area contributed by atoms with E-state index in [9.17, 15) is 14.0 Å². The van der Waals surface area contributed by atoms with Gasteiger partial charge in [-0.3, -0.25) is 14.6 Å². The van der Waals surface area contributed by atoms with Crippen molar-refractivity contribution in [3.05, 3.63) is 59.5 Å². The summed E-state index contributed by atoms with van der Waals surface area (Å²) in [7, 11) is 1.71. The minimum absolute atomic E-state index is 0.00373. The molecule has 0 unspecified atom stereocenters. The highest BCUT2D eigenvalue weighted by molar-refractivity contribution is 5.97. The van der Waals surface area contributed by atoms with Crippen LogP contribution in [0.2, 0.25) is 0 Å². The van der Waals surface area contributed by atoms with Gasteiger partial charge in [0.2, 0.25) is 0 Å². The Labute approximate surface area is 170 Å². The highest BCUT2D eigenvalue weighted by Crippen LogP contribution is 2.17. The minimum atomic E-state index is -0.340. The van der Waals surface area contributed by atoms with Crippen molar-refractivity contribution < 1.29 is 14.0 Å². The second-order valence-corrected chi connectivity index (χ2v) is 7.53. The molecule has 154 valence electrons. The van der Waals surface area contributed by atoms with Gasteiger partial charge in [0.25, 0.3) is 0 Å². The number of aromatic nitrogens is 1. The van der Waals surface area contributed by atoms with Crippen LogP contribution in [-0.4, -0.2) is 54.9 Å². The van der Waals surface area contributed by atoms with Gasteiger partial charge in [0.15, 0.2) is 5.78 Å². The van der Waals surface area contributed by atoms with Crippen LogP contribution in [0.25, 0.3) is 0 Å². The maximum atomic E-state index is 13.0. The molecule has 1 N–H and O–H groups in total. The number of pyridine rings is 1. The smallest absolute Gasteiger partial charge is 0.322 e. The minimum Gasteiger partial charge on any atom is -0.337 e. The van der Waals surface area contributed by atoms with Crippen molar-refractivity contribution in [2.45, 2.75) is 19.8 Å². The molecule has 1 aromatic heterocycles. The number of aryl methyl sites for hydroxylation is 1. The molecule has 0 bridgehead atoms. The number of ketones is 1. The van der Waals surface area contributed by atoms with Gasteiger partial charge in [-0.05, 0) is 75.2 Å². The van der Waals surface area contributed by atoms with E-state index in [0.29, 0.717) is 30.4 Å². The average Bonchev–Trinajstić information content (AvgIpc) is 2.73. The van der Waals surface area contributed by atoms with Crippen LogP contribution in [0.1, 0.15) is 28.9 Å². The lowest BCUT2D eigenvalue weighted by Crippen LogP contribution is -2.43. The molecule has 1 aromatic carbocycles. The van der Waals surface area contributed by atoms with Gasteiger partial charge in [-0.1, -0.05) is 6.07 Å². The summed E-state index contributed by atoms with van der Waals surface area (Å²) < 4.78 is 13.0. The van der Waals surface area contributed by atoms with E-state index in [1.807, 2.05) is 25.1 Å². The van der Waals surface area contributed by atoms with Crippen molar-refractivity contribution >= 4 is 17.6 Å². The number of amides is 2. The van der Waals surface area contributed by atoms with E-state index in [1.54, 1.807) is 7.05 Å². The van der Waals surface area contributed by atoms with Crippen LogP contribution in [0.15, 0.2) is 42.5 Å². The summed E-state index contributed by atoms with van der Waals surface area (Å²) in [5, 5.41) is 2.98. The van der Waals surface area contributed by atoms with Gasteiger partial charge in [0, 0.05) is 24.8 Å². The van der Waals surface area contributed by atoms with Crippen LogP contribution in [0, 0.1) is 18.7 Å². The van der Waals surface area contributed by atoms with E-state index >= 15 is 0 Å². The summed E-state index contributed by atoms with van der Waals surface area (Å²) in [5.74, 6) is 0.670. The topological polar surface area (TPSA) is 65.5 Å². The van der Waals surface area contributed by atoms with Crippen molar-refractivity contribution in [2.24, 2.45) is 5.92 Å². The summed E-state index contributed by atoms with van der Waals surface area (Å²) >= 11 is 0. The molecular formula is C22H27FN4O2. The number of nitrogens with one attached hydrogen (secondary N) is 1. The molecule has 7 heteroatoms. The lowest BCUT2D eigenvalue weighted by atomic mass is 9.96. The summed E-state index contributed by atoms with van der Waals surface area (Å²) in [4.78, 5) is 32.7. The Kier molecular flexibility index (Phi) is 6.93. The zero-order chi connectivity index (χ0) is 20.8. The molecular weight excluding hydrogens is 371 g/mol. The molecule has 1 fully saturated rings. The zero-order valence-corrected chi connectivity index (χ0v) is 16.9. The first-order chi connectivity index (χ1) is 13.9. The molecule has 29 heavy (non-hydrogen) atoms. The van der Waals surface area contributed by atoms with Crippen molar-refractivity contribution in [1.29, 1.82) is 0 Å². The SMILES string of the molecule is Cc1cccc(N(C)C(=O)NCC2CCN(CC(=O)c3ccc(F)cc3)CC2)n1. The standard InChI is InChI=1S/C22H27FN4O2/c1-16-4-3-5-21(25-16)26(2)22(29)24-14-17-10-12-27(13-11-17)15-20(28)18-6-8-19(23)9-7-18/h3-9,17H,10-15H2,1-2H3,(H,24,29). The molecule has 0 atom stereocenters. The van der Waals surface area contributed by atoms with E-state index < -0.39 is 0 Å². The van der Waals surface area contributed by atoms with E-state index in [2.05, 4.69) is 15.2 Å². The predicted molar refractivity (Wildman–Crippen MR) is 111 cm³/mol. The maximum Gasteiger partial charge on any atom is 0.322 e. The van der Waals surface area contributed by atoms with Gasteiger partial charge in [0.1, 0.15) is 11.6 Å². The number of rotatable bonds is 6. The van der Waals surface area contributed by atoms with E-state index in [4.69, 9.17) is 0 Å².